The number of hydrogen-bond acceptors (Lipinski definition) is 5. The van der Waals surface area contributed by atoms with Crippen LogP contribution < -0.4 is 20.9 Å². The number of sulfonamides is 1. The first-order valence-electron chi connectivity index (χ1n) is 7.51. The van der Waals surface area contributed by atoms with E-state index in [1.54, 1.807) is 23.1 Å². The summed E-state index contributed by atoms with van der Waals surface area (Å²) in [5.41, 5.74) is -0.203. The van der Waals surface area contributed by atoms with Gasteiger partial charge in [0.2, 0.25) is 10.0 Å². The van der Waals surface area contributed by atoms with Crippen molar-refractivity contribution in [2.75, 3.05) is 18.0 Å². The van der Waals surface area contributed by atoms with Crippen LogP contribution >= 0.6 is 0 Å². The van der Waals surface area contributed by atoms with E-state index in [1.807, 2.05) is 13.0 Å². The smallest absolute Gasteiger partial charge is 0.327 e. The Morgan fingerprint density at radius 3 is 2.71 bits per heavy atom. The maximum absolute atomic E-state index is 12.4. The van der Waals surface area contributed by atoms with Crippen molar-refractivity contribution >= 4 is 15.8 Å². The molecule has 3 N–H and O–H groups in total. The predicted molar refractivity (Wildman–Crippen MR) is 89.8 cm³/mol. The summed E-state index contributed by atoms with van der Waals surface area (Å²) in [6.07, 6.45) is 0.583. The average molecular weight is 350 g/mol. The van der Waals surface area contributed by atoms with E-state index in [1.165, 1.54) is 6.07 Å². The van der Waals surface area contributed by atoms with Gasteiger partial charge in [0.05, 0.1) is 4.90 Å². The van der Waals surface area contributed by atoms with Gasteiger partial charge >= 0.3 is 5.69 Å². The number of hydrogen-bond donors (Lipinski definition) is 3. The molecule has 1 fully saturated rings. The Balaban J connectivity index is 1.74. The summed E-state index contributed by atoms with van der Waals surface area (Å²) in [7, 11) is -3.60. The van der Waals surface area contributed by atoms with Gasteiger partial charge < -0.3 is 4.90 Å². The molecule has 0 amide bonds. The number of rotatable bonds is 4. The Kier molecular flexibility index (Phi) is 4.29. The Hall–Kier alpha value is -2.39. The lowest BCUT2D eigenvalue weighted by Crippen LogP contribution is -2.37. The van der Waals surface area contributed by atoms with E-state index in [2.05, 4.69) is 14.7 Å². The number of anilines is 1. The summed E-state index contributed by atoms with van der Waals surface area (Å²) < 4.78 is 27.6. The van der Waals surface area contributed by atoms with E-state index in [4.69, 9.17) is 0 Å². The highest BCUT2D eigenvalue weighted by molar-refractivity contribution is 7.89. The van der Waals surface area contributed by atoms with Crippen molar-refractivity contribution in [2.24, 2.45) is 0 Å². The predicted octanol–water partition coefficient (Wildman–Crippen LogP) is -0.0712. The van der Waals surface area contributed by atoms with E-state index < -0.39 is 21.3 Å². The van der Waals surface area contributed by atoms with Gasteiger partial charge in [0.15, 0.2) is 0 Å². The molecule has 0 unspecified atom stereocenters. The molecule has 1 aromatic heterocycles. The third kappa shape index (κ3) is 3.57. The molecule has 24 heavy (non-hydrogen) atoms. The second-order valence-electron chi connectivity index (χ2n) is 5.84. The standard InChI is InChI=1S/C15H18N4O4S/c1-10-3-2-4-12(7-10)24(22,23)18-11-5-6-19(9-11)13-8-14(20)17-15(21)16-13/h2-4,7-8,11,18H,5-6,9H2,1H3,(H2,16,17,20,21)/t11-/m1/s1. The van der Waals surface area contributed by atoms with Crippen molar-refractivity contribution in [1.82, 2.24) is 14.7 Å². The van der Waals surface area contributed by atoms with Gasteiger partial charge in [0.1, 0.15) is 5.82 Å². The van der Waals surface area contributed by atoms with Crippen LogP contribution in [0.25, 0.3) is 0 Å². The fourth-order valence-corrected chi connectivity index (χ4v) is 4.14. The largest absolute Gasteiger partial charge is 0.356 e. The lowest BCUT2D eigenvalue weighted by atomic mass is 10.2. The van der Waals surface area contributed by atoms with E-state index in [0.29, 0.717) is 25.3 Å². The number of H-pyrrole nitrogens is 2. The number of aromatic nitrogens is 2. The molecule has 1 atom stereocenters. The first-order chi connectivity index (χ1) is 11.3. The Morgan fingerprint density at radius 2 is 2.00 bits per heavy atom. The summed E-state index contributed by atoms with van der Waals surface area (Å²) in [4.78, 5) is 29.4. The van der Waals surface area contributed by atoms with Crippen molar-refractivity contribution in [3.8, 4) is 0 Å². The number of aromatic amines is 2. The molecule has 9 heteroatoms. The van der Waals surface area contributed by atoms with Crippen LogP contribution in [0.5, 0.6) is 0 Å². The van der Waals surface area contributed by atoms with Gasteiger partial charge in [-0.15, -0.1) is 0 Å². The first-order valence-corrected chi connectivity index (χ1v) is 8.99. The van der Waals surface area contributed by atoms with Crippen molar-refractivity contribution < 1.29 is 8.42 Å². The maximum Gasteiger partial charge on any atom is 0.327 e. The monoisotopic (exact) mass is 350 g/mol. The second-order valence-corrected chi connectivity index (χ2v) is 7.56. The third-order valence-electron chi connectivity index (χ3n) is 3.90. The average Bonchev–Trinajstić information content (AvgIpc) is 2.94. The quantitative estimate of drug-likeness (QED) is 0.714. The fourth-order valence-electron chi connectivity index (χ4n) is 2.77. The van der Waals surface area contributed by atoms with Crippen molar-refractivity contribution in [3.63, 3.8) is 0 Å². The zero-order valence-corrected chi connectivity index (χ0v) is 13.9. The molecule has 0 spiro atoms. The molecule has 0 radical (unpaired) electrons. The summed E-state index contributed by atoms with van der Waals surface area (Å²) in [5, 5.41) is 0. The summed E-state index contributed by atoms with van der Waals surface area (Å²) in [6, 6.07) is 7.70. The van der Waals surface area contributed by atoms with E-state index in [0.717, 1.165) is 5.56 Å². The number of nitrogens with zero attached hydrogens (tertiary/aromatic N) is 1. The molecule has 1 aromatic carbocycles. The maximum atomic E-state index is 12.4. The van der Waals surface area contributed by atoms with Gasteiger partial charge in [0, 0.05) is 25.2 Å². The Labute approximate surface area is 138 Å². The molecule has 8 nitrogen and oxygen atoms in total. The molecule has 2 aromatic rings. The molecule has 3 rings (SSSR count). The van der Waals surface area contributed by atoms with E-state index >= 15 is 0 Å². The van der Waals surface area contributed by atoms with Gasteiger partial charge in [-0.3, -0.25) is 14.8 Å². The second kappa shape index (κ2) is 6.25. The molecule has 1 saturated heterocycles. The highest BCUT2D eigenvalue weighted by atomic mass is 32.2. The van der Waals surface area contributed by atoms with Crippen LogP contribution in [0, 0.1) is 6.92 Å². The SMILES string of the molecule is Cc1cccc(S(=O)(=O)N[C@@H]2CCN(c3cc(=O)[nH]c(=O)[nH]3)C2)c1. The topological polar surface area (TPSA) is 115 Å². The molecular weight excluding hydrogens is 332 g/mol. The minimum atomic E-state index is -3.60. The molecule has 0 saturated carbocycles. The molecular formula is C15H18N4O4S. The summed E-state index contributed by atoms with van der Waals surface area (Å²) >= 11 is 0. The lowest BCUT2D eigenvalue weighted by Gasteiger charge is -2.18. The van der Waals surface area contributed by atoms with Crippen molar-refractivity contribution in [1.29, 1.82) is 0 Å². The highest BCUT2D eigenvalue weighted by Crippen LogP contribution is 2.18. The van der Waals surface area contributed by atoms with Gasteiger partial charge in [-0.1, -0.05) is 12.1 Å². The zero-order chi connectivity index (χ0) is 17.3. The fraction of sp³-hybridized carbons (Fsp3) is 0.333. The first kappa shape index (κ1) is 16.5. The molecule has 1 aliphatic heterocycles. The van der Waals surface area contributed by atoms with Gasteiger partial charge in [-0.05, 0) is 31.0 Å². The number of benzene rings is 1. The zero-order valence-electron chi connectivity index (χ0n) is 13.1. The van der Waals surface area contributed by atoms with Crippen LogP contribution in [0.1, 0.15) is 12.0 Å². The summed E-state index contributed by atoms with van der Waals surface area (Å²) in [6.45, 7) is 2.75. The Morgan fingerprint density at radius 1 is 1.21 bits per heavy atom. The molecule has 1 aliphatic rings. The van der Waals surface area contributed by atoms with Gasteiger partial charge in [-0.25, -0.2) is 17.9 Å². The molecule has 128 valence electrons. The Bertz CT molecular complexity index is 935. The van der Waals surface area contributed by atoms with Crippen molar-refractivity contribution in [3.05, 3.63) is 56.7 Å². The normalized spacial score (nSPS) is 18.0. The van der Waals surface area contributed by atoms with Crippen LogP contribution in [0.15, 0.2) is 44.8 Å². The summed E-state index contributed by atoms with van der Waals surface area (Å²) in [5.74, 6) is 0.390. The van der Waals surface area contributed by atoms with E-state index in [9.17, 15) is 18.0 Å². The van der Waals surface area contributed by atoms with Crippen LogP contribution in [0.2, 0.25) is 0 Å². The molecule has 2 heterocycles. The highest BCUT2D eigenvalue weighted by Gasteiger charge is 2.28. The van der Waals surface area contributed by atoms with Gasteiger partial charge in [-0.2, -0.15) is 0 Å². The minimum absolute atomic E-state index is 0.227. The number of aryl methyl sites for hydroxylation is 1. The lowest BCUT2D eigenvalue weighted by molar-refractivity contribution is 0.561. The molecule has 0 aliphatic carbocycles. The van der Waals surface area contributed by atoms with Crippen LogP contribution in [-0.2, 0) is 10.0 Å². The molecule has 0 bridgehead atoms. The van der Waals surface area contributed by atoms with Gasteiger partial charge in [0.25, 0.3) is 5.56 Å². The van der Waals surface area contributed by atoms with Crippen LogP contribution in [-0.4, -0.2) is 37.5 Å². The third-order valence-corrected chi connectivity index (χ3v) is 5.41. The minimum Gasteiger partial charge on any atom is -0.356 e. The van der Waals surface area contributed by atoms with Crippen LogP contribution in [0.3, 0.4) is 0 Å². The van der Waals surface area contributed by atoms with Crippen LogP contribution in [0.4, 0.5) is 5.82 Å². The van der Waals surface area contributed by atoms with E-state index in [-0.39, 0.29) is 10.9 Å². The number of nitrogens with one attached hydrogen (secondary N) is 3. The van der Waals surface area contributed by atoms with Crippen molar-refractivity contribution in [2.45, 2.75) is 24.3 Å².